The number of hydrogen-bond acceptors (Lipinski definition) is 4. The maximum Gasteiger partial charge on any atom is 0.139 e. The van der Waals surface area contributed by atoms with Gasteiger partial charge < -0.3 is 20.3 Å². The molecule has 0 fully saturated rings. The minimum atomic E-state index is -0.570. The summed E-state index contributed by atoms with van der Waals surface area (Å²) in [4.78, 5) is 0. The number of rotatable bonds is 6. The zero-order valence-corrected chi connectivity index (χ0v) is 10.0. The van der Waals surface area contributed by atoms with E-state index in [1.54, 1.807) is 6.92 Å². The molecule has 0 spiro atoms. The highest BCUT2D eigenvalue weighted by Crippen LogP contribution is 2.20. The third-order valence-corrected chi connectivity index (χ3v) is 2.43. The van der Waals surface area contributed by atoms with E-state index in [1.807, 2.05) is 0 Å². The van der Waals surface area contributed by atoms with Gasteiger partial charge in [0.1, 0.15) is 17.7 Å². The number of aryl methyl sites for hydroxylation is 1. The van der Waals surface area contributed by atoms with E-state index in [2.05, 4.69) is 0 Å². The van der Waals surface area contributed by atoms with Crippen LogP contribution in [0, 0.1) is 12.7 Å². The summed E-state index contributed by atoms with van der Waals surface area (Å²) in [6.45, 7) is 1.79. The van der Waals surface area contributed by atoms with Gasteiger partial charge in [0.2, 0.25) is 0 Å². The number of aliphatic hydroxyl groups excluding tert-OH is 1. The SMILES string of the molecule is COCC(N)C(CO)Oc1ccc(F)cc1C. The van der Waals surface area contributed by atoms with E-state index in [4.69, 9.17) is 15.2 Å². The van der Waals surface area contributed by atoms with Crippen molar-refractivity contribution in [2.24, 2.45) is 5.73 Å². The first kappa shape index (κ1) is 13.9. The molecule has 96 valence electrons. The van der Waals surface area contributed by atoms with Gasteiger partial charge in [-0.2, -0.15) is 0 Å². The second-order valence-electron chi connectivity index (χ2n) is 3.87. The van der Waals surface area contributed by atoms with Crippen molar-refractivity contribution < 1.29 is 19.0 Å². The number of hydrogen-bond donors (Lipinski definition) is 2. The Kier molecular flexibility index (Phi) is 5.34. The van der Waals surface area contributed by atoms with Gasteiger partial charge in [0.05, 0.1) is 19.3 Å². The Hall–Kier alpha value is -1.17. The van der Waals surface area contributed by atoms with Crippen LogP contribution in [0.1, 0.15) is 5.56 Å². The van der Waals surface area contributed by atoms with E-state index in [-0.39, 0.29) is 19.0 Å². The molecule has 0 amide bonds. The molecule has 0 saturated carbocycles. The Morgan fingerprint density at radius 1 is 1.47 bits per heavy atom. The highest BCUT2D eigenvalue weighted by atomic mass is 19.1. The average molecular weight is 243 g/mol. The van der Waals surface area contributed by atoms with Crippen molar-refractivity contribution in [1.82, 2.24) is 0 Å². The van der Waals surface area contributed by atoms with Crippen LogP contribution in [0.3, 0.4) is 0 Å². The molecule has 2 atom stereocenters. The monoisotopic (exact) mass is 243 g/mol. The van der Waals surface area contributed by atoms with Crippen LogP contribution in [0.5, 0.6) is 5.75 Å². The van der Waals surface area contributed by atoms with Gasteiger partial charge in [0.25, 0.3) is 0 Å². The van der Waals surface area contributed by atoms with Gasteiger partial charge >= 0.3 is 0 Å². The zero-order valence-electron chi connectivity index (χ0n) is 10.0. The molecule has 0 radical (unpaired) electrons. The van der Waals surface area contributed by atoms with Crippen molar-refractivity contribution in [3.8, 4) is 5.75 Å². The summed E-state index contributed by atoms with van der Waals surface area (Å²) in [6.07, 6.45) is -0.570. The Bertz CT molecular complexity index is 360. The predicted molar refractivity (Wildman–Crippen MR) is 62.5 cm³/mol. The van der Waals surface area contributed by atoms with Crippen LogP contribution < -0.4 is 10.5 Å². The van der Waals surface area contributed by atoms with Crippen molar-refractivity contribution in [2.45, 2.75) is 19.1 Å². The third kappa shape index (κ3) is 3.96. The summed E-state index contributed by atoms with van der Waals surface area (Å²) in [5.74, 6) is 0.189. The first-order chi connectivity index (χ1) is 8.08. The Balaban J connectivity index is 2.73. The van der Waals surface area contributed by atoms with Gasteiger partial charge in [-0.05, 0) is 30.7 Å². The lowest BCUT2D eigenvalue weighted by molar-refractivity contribution is 0.0600. The van der Waals surface area contributed by atoms with E-state index >= 15 is 0 Å². The molecule has 0 aromatic heterocycles. The number of nitrogens with two attached hydrogens (primary N) is 1. The van der Waals surface area contributed by atoms with Gasteiger partial charge in [-0.3, -0.25) is 0 Å². The van der Waals surface area contributed by atoms with Gasteiger partial charge in [0, 0.05) is 7.11 Å². The standard InChI is InChI=1S/C12H18FNO3/c1-8-5-9(13)3-4-11(8)17-12(6-15)10(14)7-16-2/h3-5,10,12,15H,6-7,14H2,1-2H3. The van der Waals surface area contributed by atoms with Gasteiger partial charge in [-0.25, -0.2) is 4.39 Å². The summed E-state index contributed by atoms with van der Waals surface area (Å²) in [7, 11) is 1.53. The first-order valence-electron chi connectivity index (χ1n) is 5.36. The molecular weight excluding hydrogens is 225 g/mol. The second kappa shape index (κ2) is 6.54. The van der Waals surface area contributed by atoms with Crippen LogP contribution in [0.15, 0.2) is 18.2 Å². The van der Waals surface area contributed by atoms with E-state index in [9.17, 15) is 9.50 Å². The van der Waals surface area contributed by atoms with Crippen molar-refractivity contribution in [1.29, 1.82) is 0 Å². The summed E-state index contributed by atoms with van der Waals surface area (Å²) >= 11 is 0. The minimum absolute atomic E-state index is 0.221. The molecular formula is C12H18FNO3. The van der Waals surface area contributed by atoms with Crippen LogP contribution in [0.25, 0.3) is 0 Å². The third-order valence-electron chi connectivity index (χ3n) is 2.43. The van der Waals surface area contributed by atoms with Gasteiger partial charge in [0.15, 0.2) is 0 Å². The highest BCUT2D eigenvalue weighted by Gasteiger charge is 2.19. The molecule has 5 heteroatoms. The molecule has 2 unspecified atom stereocenters. The van der Waals surface area contributed by atoms with Gasteiger partial charge in [-0.1, -0.05) is 0 Å². The summed E-state index contributed by atoms with van der Waals surface area (Å²) in [6, 6.07) is 3.76. The highest BCUT2D eigenvalue weighted by molar-refractivity contribution is 5.32. The molecule has 4 nitrogen and oxygen atoms in total. The van der Waals surface area contributed by atoms with Crippen LogP contribution in [-0.2, 0) is 4.74 Å². The van der Waals surface area contributed by atoms with Crippen molar-refractivity contribution in [2.75, 3.05) is 20.3 Å². The lowest BCUT2D eigenvalue weighted by Gasteiger charge is -2.23. The maximum atomic E-state index is 12.9. The molecule has 3 N–H and O–H groups in total. The molecule has 0 aliphatic rings. The quantitative estimate of drug-likeness (QED) is 0.777. The molecule has 0 aliphatic heterocycles. The first-order valence-corrected chi connectivity index (χ1v) is 5.36. The number of ether oxygens (including phenoxy) is 2. The predicted octanol–water partition coefficient (Wildman–Crippen LogP) is 0.848. The van der Waals surface area contributed by atoms with E-state index < -0.39 is 12.1 Å². The normalized spacial score (nSPS) is 14.4. The largest absolute Gasteiger partial charge is 0.486 e. The average Bonchev–Trinajstić information content (AvgIpc) is 2.28. The fraction of sp³-hybridized carbons (Fsp3) is 0.500. The molecule has 1 aromatic carbocycles. The Morgan fingerprint density at radius 2 is 2.18 bits per heavy atom. The van der Waals surface area contributed by atoms with Crippen LogP contribution in [-0.4, -0.2) is 37.6 Å². The molecule has 17 heavy (non-hydrogen) atoms. The minimum Gasteiger partial charge on any atom is -0.486 e. The number of aliphatic hydroxyl groups is 1. The van der Waals surface area contributed by atoms with Crippen molar-refractivity contribution >= 4 is 0 Å². The van der Waals surface area contributed by atoms with Crippen LogP contribution in [0.2, 0.25) is 0 Å². The van der Waals surface area contributed by atoms with Crippen LogP contribution >= 0.6 is 0 Å². The van der Waals surface area contributed by atoms with E-state index in [1.165, 1.54) is 25.3 Å². The molecule has 0 saturated heterocycles. The fourth-order valence-electron chi connectivity index (χ4n) is 1.47. The molecule has 0 heterocycles. The lowest BCUT2D eigenvalue weighted by atomic mass is 10.1. The zero-order chi connectivity index (χ0) is 12.8. The second-order valence-corrected chi connectivity index (χ2v) is 3.87. The topological polar surface area (TPSA) is 64.7 Å². The summed E-state index contributed by atoms with van der Waals surface area (Å²) in [5.41, 5.74) is 6.44. The molecule has 0 aliphatic carbocycles. The Labute approximate surface area is 100 Å². The van der Waals surface area contributed by atoms with Crippen LogP contribution in [0.4, 0.5) is 4.39 Å². The summed E-state index contributed by atoms with van der Waals surface area (Å²) < 4.78 is 23.3. The number of benzene rings is 1. The molecule has 1 rings (SSSR count). The van der Waals surface area contributed by atoms with E-state index in [0.29, 0.717) is 11.3 Å². The number of methoxy groups -OCH3 is 1. The van der Waals surface area contributed by atoms with Crippen molar-refractivity contribution in [3.05, 3.63) is 29.6 Å². The fourth-order valence-corrected chi connectivity index (χ4v) is 1.47. The van der Waals surface area contributed by atoms with E-state index in [0.717, 1.165) is 0 Å². The molecule has 0 bridgehead atoms. The Morgan fingerprint density at radius 3 is 2.71 bits per heavy atom. The maximum absolute atomic E-state index is 12.9. The van der Waals surface area contributed by atoms with Crippen molar-refractivity contribution in [3.63, 3.8) is 0 Å². The number of halogens is 1. The smallest absolute Gasteiger partial charge is 0.139 e. The lowest BCUT2D eigenvalue weighted by Crippen LogP contribution is -2.44. The summed E-state index contributed by atoms with van der Waals surface area (Å²) in [5, 5.41) is 9.20. The molecule has 1 aromatic rings. The van der Waals surface area contributed by atoms with Gasteiger partial charge in [-0.15, -0.1) is 0 Å².